The molecule has 108 valence electrons. The van der Waals surface area contributed by atoms with Gasteiger partial charge in [-0.1, -0.05) is 24.3 Å². The molecule has 0 heterocycles. The van der Waals surface area contributed by atoms with Crippen LogP contribution in [-0.4, -0.2) is 20.9 Å². The number of hydrogen-bond donors (Lipinski definition) is 2. The minimum atomic E-state index is -3.64. The number of rotatable bonds is 5. The van der Waals surface area contributed by atoms with E-state index in [0.717, 1.165) is 18.4 Å². The zero-order valence-corrected chi connectivity index (χ0v) is 11.9. The Hall–Kier alpha value is -1.66. The molecule has 0 unspecified atom stereocenters. The van der Waals surface area contributed by atoms with Gasteiger partial charge in [0.1, 0.15) is 0 Å². The Morgan fingerprint density at radius 3 is 2.35 bits per heavy atom. The number of nitrogens with one attached hydrogen (secondary N) is 1. The Labute approximate surface area is 118 Å². The van der Waals surface area contributed by atoms with E-state index in [4.69, 9.17) is 5.14 Å². The number of sulfonamides is 1. The predicted octanol–water partition coefficient (Wildman–Crippen LogP) is 0.959. The van der Waals surface area contributed by atoms with E-state index in [-0.39, 0.29) is 16.7 Å². The predicted molar refractivity (Wildman–Crippen MR) is 76.4 cm³/mol. The first-order chi connectivity index (χ1) is 9.47. The van der Waals surface area contributed by atoms with Crippen molar-refractivity contribution in [3.8, 4) is 0 Å². The van der Waals surface area contributed by atoms with Gasteiger partial charge in [0.2, 0.25) is 15.9 Å². The fourth-order valence-corrected chi connectivity index (χ4v) is 2.67. The van der Waals surface area contributed by atoms with Gasteiger partial charge in [0.15, 0.2) is 0 Å². The third-order valence-electron chi connectivity index (χ3n) is 3.34. The standard InChI is InChI=1S/C14H18N2O3S/c15-20(18,19)13-7-5-11(6-8-13)9-10-16-14(17)12-3-1-2-4-12/h1-2,5-8,12H,3-4,9-10H2,(H,16,17)(H2,15,18,19). The van der Waals surface area contributed by atoms with Gasteiger partial charge in [-0.3, -0.25) is 4.79 Å². The Balaban J connectivity index is 1.81. The fourth-order valence-electron chi connectivity index (χ4n) is 2.15. The second-order valence-corrected chi connectivity index (χ2v) is 6.43. The Bertz CT molecular complexity index is 598. The second-order valence-electron chi connectivity index (χ2n) is 4.87. The summed E-state index contributed by atoms with van der Waals surface area (Å²) in [4.78, 5) is 11.9. The topological polar surface area (TPSA) is 89.3 Å². The summed E-state index contributed by atoms with van der Waals surface area (Å²) in [5.74, 6) is 0.149. The minimum absolute atomic E-state index is 0.0692. The van der Waals surface area contributed by atoms with Crippen LogP contribution in [0.4, 0.5) is 0 Å². The molecule has 1 amide bonds. The lowest BCUT2D eigenvalue weighted by Gasteiger charge is -2.10. The Kier molecular flexibility index (Phi) is 4.57. The molecule has 20 heavy (non-hydrogen) atoms. The van der Waals surface area contributed by atoms with E-state index in [0.29, 0.717) is 13.0 Å². The molecule has 1 aliphatic rings. The van der Waals surface area contributed by atoms with Crippen molar-refractivity contribution in [1.82, 2.24) is 5.32 Å². The highest BCUT2D eigenvalue weighted by Gasteiger charge is 2.18. The molecule has 0 aliphatic heterocycles. The minimum Gasteiger partial charge on any atom is -0.356 e. The molecule has 0 spiro atoms. The van der Waals surface area contributed by atoms with Crippen LogP contribution in [0.5, 0.6) is 0 Å². The molecule has 5 nitrogen and oxygen atoms in total. The summed E-state index contributed by atoms with van der Waals surface area (Å²) in [6.07, 6.45) is 6.34. The molecule has 0 atom stereocenters. The van der Waals surface area contributed by atoms with Crippen LogP contribution >= 0.6 is 0 Å². The summed E-state index contributed by atoms with van der Waals surface area (Å²) < 4.78 is 22.2. The normalized spacial score (nSPS) is 15.4. The third-order valence-corrected chi connectivity index (χ3v) is 4.27. The quantitative estimate of drug-likeness (QED) is 0.793. The van der Waals surface area contributed by atoms with E-state index in [1.165, 1.54) is 12.1 Å². The number of carbonyl (C=O) groups excluding carboxylic acids is 1. The fraction of sp³-hybridized carbons (Fsp3) is 0.357. The molecular weight excluding hydrogens is 276 g/mol. The molecule has 0 saturated carbocycles. The number of allylic oxidation sites excluding steroid dienone is 2. The zero-order valence-electron chi connectivity index (χ0n) is 11.1. The van der Waals surface area contributed by atoms with E-state index >= 15 is 0 Å². The van der Waals surface area contributed by atoms with Crippen LogP contribution in [0.15, 0.2) is 41.3 Å². The van der Waals surface area contributed by atoms with Gasteiger partial charge >= 0.3 is 0 Å². The van der Waals surface area contributed by atoms with E-state index in [2.05, 4.69) is 5.32 Å². The van der Waals surface area contributed by atoms with Gasteiger partial charge in [-0.05, 0) is 37.0 Å². The third kappa shape index (κ3) is 3.91. The van der Waals surface area contributed by atoms with Crippen molar-refractivity contribution in [3.05, 3.63) is 42.0 Å². The van der Waals surface area contributed by atoms with Crippen LogP contribution in [0.1, 0.15) is 18.4 Å². The number of amides is 1. The lowest BCUT2D eigenvalue weighted by atomic mass is 10.1. The zero-order chi connectivity index (χ0) is 14.6. The van der Waals surface area contributed by atoms with Gasteiger partial charge in [-0.25, -0.2) is 13.6 Å². The van der Waals surface area contributed by atoms with Crippen LogP contribution in [0.25, 0.3) is 0 Å². The van der Waals surface area contributed by atoms with Gasteiger partial charge in [0, 0.05) is 12.5 Å². The molecule has 0 radical (unpaired) electrons. The molecule has 1 aromatic rings. The van der Waals surface area contributed by atoms with Crippen molar-refractivity contribution in [3.63, 3.8) is 0 Å². The maximum atomic E-state index is 11.8. The maximum absolute atomic E-state index is 11.8. The summed E-state index contributed by atoms with van der Waals surface area (Å²) in [6.45, 7) is 0.546. The summed E-state index contributed by atoms with van der Waals surface area (Å²) >= 11 is 0. The first-order valence-electron chi connectivity index (χ1n) is 6.51. The summed E-state index contributed by atoms with van der Waals surface area (Å²) in [5, 5.41) is 7.92. The average molecular weight is 294 g/mol. The average Bonchev–Trinajstić information content (AvgIpc) is 2.92. The largest absolute Gasteiger partial charge is 0.356 e. The van der Waals surface area contributed by atoms with Gasteiger partial charge in [0.05, 0.1) is 4.90 Å². The summed E-state index contributed by atoms with van der Waals surface area (Å²) in [7, 11) is -3.64. The number of benzene rings is 1. The van der Waals surface area contributed by atoms with Gasteiger partial charge in [0.25, 0.3) is 0 Å². The molecule has 1 aromatic carbocycles. The van der Waals surface area contributed by atoms with Gasteiger partial charge in [-0.2, -0.15) is 0 Å². The summed E-state index contributed by atoms with van der Waals surface area (Å²) in [6, 6.07) is 6.38. The highest BCUT2D eigenvalue weighted by molar-refractivity contribution is 7.89. The number of hydrogen-bond acceptors (Lipinski definition) is 3. The van der Waals surface area contributed by atoms with E-state index in [9.17, 15) is 13.2 Å². The van der Waals surface area contributed by atoms with Crippen molar-refractivity contribution < 1.29 is 13.2 Å². The van der Waals surface area contributed by atoms with Crippen molar-refractivity contribution in [2.45, 2.75) is 24.2 Å². The van der Waals surface area contributed by atoms with Crippen LogP contribution in [0.3, 0.4) is 0 Å². The van der Waals surface area contributed by atoms with Gasteiger partial charge < -0.3 is 5.32 Å². The smallest absolute Gasteiger partial charge is 0.238 e. The monoisotopic (exact) mass is 294 g/mol. The van der Waals surface area contributed by atoms with Crippen LogP contribution in [0, 0.1) is 5.92 Å². The van der Waals surface area contributed by atoms with Crippen molar-refractivity contribution in [1.29, 1.82) is 0 Å². The Morgan fingerprint density at radius 2 is 1.80 bits per heavy atom. The van der Waals surface area contributed by atoms with E-state index in [1.54, 1.807) is 12.1 Å². The van der Waals surface area contributed by atoms with Crippen LogP contribution in [-0.2, 0) is 21.2 Å². The molecule has 0 saturated heterocycles. The molecule has 0 aromatic heterocycles. The highest BCUT2D eigenvalue weighted by Crippen LogP contribution is 2.17. The molecule has 2 rings (SSSR count). The molecular formula is C14H18N2O3S. The lowest BCUT2D eigenvalue weighted by Crippen LogP contribution is -2.31. The van der Waals surface area contributed by atoms with Gasteiger partial charge in [-0.15, -0.1) is 0 Å². The first kappa shape index (κ1) is 14.7. The SMILES string of the molecule is NS(=O)(=O)c1ccc(CCNC(=O)C2CC=CC2)cc1. The number of primary sulfonamides is 1. The van der Waals surface area contributed by atoms with Crippen molar-refractivity contribution in [2.24, 2.45) is 11.1 Å². The van der Waals surface area contributed by atoms with E-state index < -0.39 is 10.0 Å². The molecule has 6 heteroatoms. The molecule has 3 N–H and O–H groups in total. The summed E-state index contributed by atoms with van der Waals surface area (Å²) in [5.41, 5.74) is 0.960. The molecule has 1 aliphatic carbocycles. The Morgan fingerprint density at radius 1 is 1.20 bits per heavy atom. The van der Waals surface area contributed by atoms with Crippen molar-refractivity contribution >= 4 is 15.9 Å². The highest BCUT2D eigenvalue weighted by atomic mass is 32.2. The lowest BCUT2D eigenvalue weighted by molar-refractivity contribution is -0.124. The first-order valence-corrected chi connectivity index (χ1v) is 8.06. The van der Waals surface area contributed by atoms with Crippen LogP contribution < -0.4 is 10.5 Å². The van der Waals surface area contributed by atoms with E-state index in [1.807, 2.05) is 12.2 Å². The number of nitrogens with two attached hydrogens (primary N) is 1. The maximum Gasteiger partial charge on any atom is 0.238 e. The molecule has 0 bridgehead atoms. The second kappa shape index (κ2) is 6.19. The molecule has 0 fully saturated rings. The number of carbonyl (C=O) groups is 1. The van der Waals surface area contributed by atoms with Crippen molar-refractivity contribution in [2.75, 3.05) is 6.54 Å². The van der Waals surface area contributed by atoms with Crippen LogP contribution in [0.2, 0.25) is 0 Å².